The van der Waals surface area contributed by atoms with E-state index in [9.17, 15) is 0 Å². The Morgan fingerprint density at radius 3 is 2.75 bits per heavy atom. The molecule has 0 bridgehead atoms. The number of nitrogens with one attached hydrogen (secondary N) is 1. The van der Waals surface area contributed by atoms with Gasteiger partial charge in [0.2, 0.25) is 0 Å². The summed E-state index contributed by atoms with van der Waals surface area (Å²) in [6.45, 7) is 2.72. The Hall–Kier alpha value is -1.81. The van der Waals surface area contributed by atoms with Crippen LogP contribution < -0.4 is 10.1 Å². The first kappa shape index (κ1) is 13.2. The van der Waals surface area contributed by atoms with Crippen molar-refractivity contribution in [2.45, 2.75) is 38.5 Å². The van der Waals surface area contributed by atoms with Gasteiger partial charge in [-0.15, -0.1) is 0 Å². The van der Waals surface area contributed by atoms with Crippen molar-refractivity contribution < 1.29 is 4.74 Å². The van der Waals surface area contributed by atoms with E-state index in [-0.39, 0.29) is 0 Å². The van der Waals surface area contributed by atoms with Gasteiger partial charge in [0.25, 0.3) is 0 Å². The predicted molar refractivity (Wildman–Crippen MR) is 78.7 cm³/mol. The summed E-state index contributed by atoms with van der Waals surface area (Å²) in [7, 11) is 1.97. The van der Waals surface area contributed by atoms with Crippen molar-refractivity contribution in [1.29, 1.82) is 0 Å². The Morgan fingerprint density at radius 2 is 2.10 bits per heavy atom. The quantitative estimate of drug-likeness (QED) is 0.877. The predicted octanol–water partition coefficient (Wildman–Crippen LogP) is 3.08. The van der Waals surface area contributed by atoms with Crippen LogP contribution in [0.1, 0.15) is 43.1 Å². The van der Waals surface area contributed by atoms with Crippen LogP contribution in [0.2, 0.25) is 0 Å². The molecule has 106 valence electrons. The van der Waals surface area contributed by atoms with Gasteiger partial charge in [-0.1, -0.05) is 12.1 Å². The van der Waals surface area contributed by atoms with Crippen LogP contribution >= 0.6 is 0 Å². The molecule has 20 heavy (non-hydrogen) atoms. The fraction of sp³-hybridized carbons (Fsp3) is 0.438. The highest BCUT2D eigenvalue weighted by Crippen LogP contribution is 2.35. The summed E-state index contributed by atoms with van der Waals surface area (Å²) in [6.07, 6.45) is 6.34. The maximum absolute atomic E-state index is 5.86. The Bertz CT molecular complexity index is 557. The molecule has 1 aliphatic carbocycles. The first-order valence-corrected chi connectivity index (χ1v) is 7.18. The van der Waals surface area contributed by atoms with Crippen LogP contribution in [0, 0.1) is 0 Å². The zero-order valence-electron chi connectivity index (χ0n) is 12.0. The summed E-state index contributed by atoms with van der Waals surface area (Å²) in [4.78, 5) is 4.22. The highest BCUT2D eigenvalue weighted by molar-refractivity contribution is 5.29. The molecule has 0 aliphatic heterocycles. The summed E-state index contributed by atoms with van der Waals surface area (Å²) >= 11 is 0. The monoisotopic (exact) mass is 271 g/mol. The van der Waals surface area contributed by atoms with Gasteiger partial charge < -0.3 is 14.6 Å². The third-order valence-electron chi connectivity index (χ3n) is 3.89. The van der Waals surface area contributed by atoms with E-state index in [0.29, 0.717) is 18.7 Å². The average molecular weight is 271 g/mol. The number of rotatable bonds is 6. The number of benzene rings is 1. The molecule has 0 saturated heterocycles. The molecular formula is C16H21N3O. The minimum atomic E-state index is 0.361. The summed E-state index contributed by atoms with van der Waals surface area (Å²) in [5.74, 6) is 0.903. The summed E-state index contributed by atoms with van der Waals surface area (Å²) in [5, 5.41) is 3.23. The van der Waals surface area contributed by atoms with Gasteiger partial charge in [-0.2, -0.15) is 0 Å². The van der Waals surface area contributed by atoms with E-state index in [2.05, 4.69) is 33.9 Å². The first-order chi connectivity index (χ1) is 9.78. The molecule has 2 aromatic rings. The standard InChI is InChI=1S/C16H21N3O/c1-12(17-2)13-3-7-16(8-4-13)20-10-15-9-18-11-19(15)14-5-6-14/h3-4,7-9,11-12,14,17H,5-6,10H2,1-2H3. The molecule has 4 heteroatoms. The van der Waals surface area contributed by atoms with E-state index in [1.54, 1.807) is 0 Å². The minimum Gasteiger partial charge on any atom is -0.487 e. The Labute approximate surface area is 119 Å². The van der Waals surface area contributed by atoms with Crippen LogP contribution in [-0.4, -0.2) is 16.6 Å². The van der Waals surface area contributed by atoms with Crippen molar-refractivity contribution >= 4 is 0 Å². The fourth-order valence-electron chi connectivity index (χ4n) is 2.30. The highest BCUT2D eigenvalue weighted by atomic mass is 16.5. The normalized spacial score (nSPS) is 16.1. The molecule has 1 unspecified atom stereocenters. The molecule has 1 aromatic heterocycles. The van der Waals surface area contributed by atoms with Crippen LogP contribution in [0.4, 0.5) is 0 Å². The molecule has 1 aliphatic rings. The minimum absolute atomic E-state index is 0.361. The van der Waals surface area contributed by atoms with Crippen molar-refractivity contribution in [2.24, 2.45) is 0 Å². The molecule has 0 spiro atoms. The molecule has 1 atom stereocenters. The van der Waals surface area contributed by atoms with Gasteiger partial charge in [-0.3, -0.25) is 0 Å². The molecule has 1 saturated carbocycles. The summed E-state index contributed by atoms with van der Waals surface area (Å²) in [6, 6.07) is 9.28. The van der Waals surface area contributed by atoms with Crippen molar-refractivity contribution in [3.05, 3.63) is 48.0 Å². The third-order valence-corrected chi connectivity index (χ3v) is 3.89. The van der Waals surface area contributed by atoms with Gasteiger partial charge in [0.1, 0.15) is 12.4 Å². The van der Waals surface area contributed by atoms with Crippen LogP contribution in [0.5, 0.6) is 5.75 Å². The Morgan fingerprint density at radius 1 is 1.35 bits per heavy atom. The second-order valence-electron chi connectivity index (χ2n) is 5.39. The molecule has 0 radical (unpaired) electrons. The van der Waals surface area contributed by atoms with Gasteiger partial charge in [0, 0.05) is 12.1 Å². The van der Waals surface area contributed by atoms with Gasteiger partial charge in [-0.25, -0.2) is 4.98 Å². The molecule has 1 N–H and O–H groups in total. The molecule has 1 heterocycles. The fourth-order valence-corrected chi connectivity index (χ4v) is 2.30. The lowest BCUT2D eigenvalue weighted by molar-refractivity contribution is 0.294. The summed E-state index contributed by atoms with van der Waals surface area (Å²) in [5.41, 5.74) is 2.42. The van der Waals surface area contributed by atoms with E-state index in [1.165, 1.54) is 18.4 Å². The van der Waals surface area contributed by atoms with E-state index in [1.807, 2.05) is 31.7 Å². The van der Waals surface area contributed by atoms with Crippen molar-refractivity contribution in [1.82, 2.24) is 14.9 Å². The van der Waals surface area contributed by atoms with Crippen LogP contribution in [0.15, 0.2) is 36.8 Å². The van der Waals surface area contributed by atoms with E-state index >= 15 is 0 Å². The molecule has 0 amide bonds. The van der Waals surface area contributed by atoms with Crippen LogP contribution in [0.3, 0.4) is 0 Å². The second-order valence-corrected chi connectivity index (χ2v) is 5.39. The first-order valence-electron chi connectivity index (χ1n) is 7.18. The van der Waals surface area contributed by atoms with Crippen molar-refractivity contribution in [3.63, 3.8) is 0 Å². The molecular weight excluding hydrogens is 250 g/mol. The van der Waals surface area contributed by atoms with Gasteiger partial charge >= 0.3 is 0 Å². The topological polar surface area (TPSA) is 39.1 Å². The molecule has 1 fully saturated rings. The zero-order valence-corrected chi connectivity index (χ0v) is 12.0. The number of aromatic nitrogens is 2. The van der Waals surface area contributed by atoms with Crippen LogP contribution in [-0.2, 0) is 6.61 Å². The van der Waals surface area contributed by atoms with E-state index < -0.39 is 0 Å². The van der Waals surface area contributed by atoms with E-state index in [4.69, 9.17) is 4.74 Å². The number of nitrogens with zero attached hydrogens (tertiary/aromatic N) is 2. The lowest BCUT2D eigenvalue weighted by Crippen LogP contribution is -2.12. The number of hydrogen-bond donors (Lipinski definition) is 1. The molecule has 4 nitrogen and oxygen atoms in total. The maximum Gasteiger partial charge on any atom is 0.130 e. The number of ether oxygens (including phenoxy) is 1. The smallest absolute Gasteiger partial charge is 0.130 e. The largest absolute Gasteiger partial charge is 0.487 e. The highest BCUT2D eigenvalue weighted by Gasteiger charge is 2.25. The molecule has 3 rings (SSSR count). The lowest BCUT2D eigenvalue weighted by Gasteiger charge is -2.12. The maximum atomic E-state index is 5.86. The number of imidazole rings is 1. The Balaban J connectivity index is 1.61. The van der Waals surface area contributed by atoms with Gasteiger partial charge in [0.05, 0.1) is 18.2 Å². The average Bonchev–Trinajstić information content (AvgIpc) is 3.23. The van der Waals surface area contributed by atoms with Crippen molar-refractivity contribution in [2.75, 3.05) is 7.05 Å². The van der Waals surface area contributed by atoms with Gasteiger partial charge in [0.15, 0.2) is 0 Å². The lowest BCUT2D eigenvalue weighted by atomic mass is 10.1. The summed E-state index contributed by atoms with van der Waals surface area (Å²) < 4.78 is 8.09. The van der Waals surface area contributed by atoms with E-state index in [0.717, 1.165) is 11.4 Å². The van der Waals surface area contributed by atoms with Gasteiger partial charge in [-0.05, 0) is 44.5 Å². The zero-order chi connectivity index (χ0) is 13.9. The Kier molecular flexibility index (Phi) is 3.74. The molecule has 1 aromatic carbocycles. The number of hydrogen-bond acceptors (Lipinski definition) is 3. The van der Waals surface area contributed by atoms with Crippen molar-refractivity contribution in [3.8, 4) is 5.75 Å². The van der Waals surface area contributed by atoms with Crippen LogP contribution in [0.25, 0.3) is 0 Å². The third kappa shape index (κ3) is 2.85. The SMILES string of the molecule is CNC(C)c1ccc(OCc2cncn2C2CC2)cc1. The second kappa shape index (κ2) is 5.67.